The zero-order chi connectivity index (χ0) is 21.2. The Balaban J connectivity index is 1.93. The fourth-order valence-electron chi connectivity index (χ4n) is 3.16. The Morgan fingerprint density at radius 1 is 1.24 bits per heavy atom. The fourth-order valence-corrected chi connectivity index (χ4v) is 5.06. The van der Waals surface area contributed by atoms with Gasteiger partial charge in [0.05, 0.1) is 28.4 Å². The van der Waals surface area contributed by atoms with E-state index in [9.17, 15) is 18.0 Å². The molecule has 1 aliphatic rings. The molecule has 1 atom stereocenters. The van der Waals surface area contributed by atoms with Crippen LogP contribution in [0.3, 0.4) is 0 Å². The molecule has 0 radical (unpaired) electrons. The van der Waals surface area contributed by atoms with Gasteiger partial charge in [-0.3, -0.25) is 9.59 Å². The maximum absolute atomic E-state index is 13.1. The van der Waals surface area contributed by atoms with Crippen LogP contribution in [0.25, 0.3) is 5.69 Å². The topological polar surface area (TPSA) is 98.6 Å². The second kappa shape index (κ2) is 8.83. The molecule has 0 bridgehead atoms. The first-order valence-electron chi connectivity index (χ1n) is 8.99. The number of benzene rings is 1. The molecule has 1 aromatic heterocycles. The molecule has 1 aliphatic heterocycles. The monoisotopic (exact) mass is 459 g/mol. The zero-order valence-corrected chi connectivity index (χ0v) is 17.9. The number of hydrogen-bond donors (Lipinski definition) is 0. The number of nitrogens with zero attached hydrogens (tertiary/aromatic N) is 3. The van der Waals surface area contributed by atoms with E-state index in [-0.39, 0.29) is 28.1 Å². The van der Waals surface area contributed by atoms with E-state index < -0.39 is 27.6 Å². The number of rotatable bonds is 5. The molecule has 1 aromatic carbocycles. The Kier molecular flexibility index (Phi) is 6.62. The minimum Gasteiger partial charge on any atom is -0.465 e. The summed E-state index contributed by atoms with van der Waals surface area (Å²) in [4.78, 5) is 24.4. The van der Waals surface area contributed by atoms with Gasteiger partial charge in [0, 0.05) is 6.54 Å². The van der Waals surface area contributed by atoms with Gasteiger partial charge in [0.1, 0.15) is 11.1 Å². The lowest BCUT2D eigenvalue weighted by molar-refractivity contribution is -0.148. The summed E-state index contributed by atoms with van der Waals surface area (Å²) in [5, 5.41) is 3.77. The number of esters is 1. The van der Waals surface area contributed by atoms with E-state index in [2.05, 4.69) is 5.10 Å². The number of carbonyl (C=O) groups is 1. The third-order valence-corrected chi connectivity index (χ3v) is 7.25. The number of carbonyl (C=O) groups excluding carboxylic acids is 1. The van der Waals surface area contributed by atoms with E-state index in [1.165, 1.54) is 34.8 Å². The predicted molar refractivity (Wildman–Crippen MR) is 108 cm³/mol. The van der Waals surface area contributed by atoms with Crippen molar-refractivity contribution in [1.82, 2.24) is 14.1 Å². The molecule has 2 heterocycles. The summed E-state index contributed by atoms with van der Waals surface area (Å²) in [6, 6.07) is 4.76. The highest BCUT2D eigenvalue weighted by atomic mass is 35.5. The molecule has 1 fully saturated rings. The van der Waals surface area contributed by atoms with Gasteiger partial charge in [-0.1, -0.05) is 23.2 Å². The van der Waals surface area contributed by atoms with Crippen molar-refractivity contribution in [3.8, 4) is 5.69 Å². The molecular formula is C18H19Cl2N3O5S. The SMILES string of the molecule is CCOC(=O)C1CCCCN1S(=O)(=O)c1ccc(-n2ncc(Cl)c(Cl)c2=O)cc1. The van der Waals surface area contributed by atoms with Crippen LogP contribution in [0.5, 0.6) is 0 Å². The minimum absolute atomic E-state index is 0.00515. The van der Waals surface area contributed by atoms with Crippen LogP contribution < -0.4 is 5.56 Å². The lowest BCUT2D eigenvalue weighted by Crippen LogP contribution is -2.48. The molecule has 1 saturated heterocycles. The molecule has 2 aromatic rings. The second-order valence-electron chi connectivity index (χ2n) is 6.40. The van der Waals surface area contributed by atoms with Crippen LogP contribution in [0, 0.1) is 0 Å². The molecule has 0 aliphatic carbocycles. The molecule has 156 valence electrons. The van der Waals surface area contributed by atoms with Gasteiger partial charge in [-0.05, 0) is 50.5 Å². The summed E-state index contributed by atoms with van der Waals surface area (Å²) in [5.41, 5.74) is -0.290. The lowest BCUT2D eigenvalue weighted by Gasteiger charge is -2.32. The molecule has 3 rings (SSSR count). The Morgan fingerprint density at radius 3 is 2.59 bits per heavy atom. The Hall–Kier alpha value is -1.94. The zero-order valence-electron chi connectivity index (χ0n) is 15.5. The van der Waals surface area contributed by atoms with Gasteiger partial charge in [0.2, 0.25) is 10.0 Å². The van der Waals surface area contributed by atoms with Crippen molar-refractivity contribution in [3.05, 3.63) is 50.9 Å². The number of piperidine rings is 1. The summed E-state index contributed by atoms with van der Waals surface area (Å²) < 4.78 is 33.5. The van der Waals surface area contributed by atoms with Crippen molar-refractivity contribution in [1.29, 1.82) is 0 Å². The highest BCUT2D eigenvalue weighted by molar-refractivity contribution is 7.89. The van der Waals surface area contributed by atoms with E-state index >= 15 is 0 Å². The summed E-state index contributed by atoms with van der Waals surface area (Å²) in [7, 11) is -3.92. The summed E-state index contributed by atoms with van der Waals surface area (Å²) >= 11 is 11.6. The molecule has 0 spiro atoms. The molecular weight excluding hydrogens is 441 g/mol. The molecule has 11 heteroatoms. The highest BCUT2D eigenvalue weighted by Crippen LogP contribution is 2.27. The Bertz CT molecular complexity index is 1070. The van der Waals surface area contributed by atoms with Crippen LogP contribution in [-0.4, -0.2) is 47.7 Å². The van der Waals surface area contributed by atoms with E-state index in [0.29, 0.717) is 18.5 Å². The lowest BCUT2D eigenvalue weighted by atomic mass is 10.1. The molecule has 1 unspecified atom stereocenters. The maximum atomic E-state index is 13.1. The highest BCUT2D eigenvalue weighted by Gasteiger charge is 2.38. The summed E-state index contributed by atoms with van der Waals surface area (Å²) in [6.45, 7) is 2.10. The van der Waals surface area contributed by atoms with Crippen LogP contribution in [0.15, 0.2) is 40.2 Å². The number of hydrogen-bond acceptors (Lipinski definition) is 6. The normalized spacial score (nSPS) is 17.8. The average Bonchev–Trinajstić information content (AvgIpc) is 2.72. The van der Waals surface area contributed by atoms with Crippen molar-refractivity contribution in [2.45, 2.75) is 37.1 Å². The van der Waals surface area contributed by atoms with Crippen molar-refractivity contribution < 1.29 is 17.9 Å². The van der Waals surface area contributed by atoms with Gasteiger partial charge in [0.15, 0.2) is 0 Å². The summed E-state index contributed by atoms with van der Waals surface area (Å²) in [5.74, 6) is -0.543. The van der Waals surface area contributed by atoms with Crippen molar-refractivity contribution in [2.75, 3.05) is 13.2 Å². The van der Waals surface area contributed by atoms with Gasteiger partial charge in [0.25, 0.3) is 5.56 Å². The van der Waals surface area contributed by atoms with Crippen LogP contribution in [0.2, 0.25) is 10.0 Å². The first-order valence-corrected chi connectivity index (χ1v) is 11.2. The number of halogens is 2. The standard InChI is InChI=1S/C18H19Cl2N3O5S/c1-2-28-18(25)15-5-3-4-10-22(15)29(26,27)13-8-6-12(7-9-13)23-17(24)16(20)14(19)11-21-23/h6-9,11,15H,2-5,10H2,1H3. The molecule has 0 N–H and O–H groups in total. The van der Waals surface area contributed by atoms with E-state index in [4.69, 9.17) is 27.9 Å². The second-order valence-corrected chi connectivity index (χ2v) is 9.07. The smallest absolute Gasteiger partial charge is 0.324 e. The molecule has 0 saturated carbocycles. The van der Waals surface area contributed by atoms with Crippen LogP contribution in [0.1, 0.15) is 26.2 Å². The minimum atomic E-state index is -3.92. The van der Waals surface area contributed by atoms with E-state index in [1.807, 2.05) is 0 Å². The molecule has 29 heavy (non-hydrogen) atoms. The third-order valence-electron chi connectivity index (χ3n) is 4.58. The number of ether oxygens (including phenoxy) is 1. The first-order chi connectivity index (χ1) is 13.8. The molecule has 0 amide bonds. The largest absolute Gasteiger partial charge is 0.465 e. The van der Waals surface area contributed by atoms with E-state index in [0.717, 1.165) is 11.1 Å². The van der Waals surface area contributed by atoms with Crippen molar-refractivity contribution in [2.24, 2.45) is 0 Å². The predicted octanol–water partition coefficient (Wildman–Crippen LogP) is 2.65. The van der Waals surface area contributed by atoms with Gasteiger partial charge < -0.3 is 4.74 Å². The van der Waals surface area contributed by atoms with Gasteiger partial charge in [-0.2, -0.15) is 14.1 Å². The van der Waals surface area contributed by atoms with Crippen molar-refractivity contribution >= 4 is 39.2 Å². The van der Waals surface area contributed by atoms with Crippen LogP contribution in [0.4, 0.5) is 0 Å². The quantitative estimate of drug-likeness (QED) is 0.637. The third kappa shape index (κ3) is 4.32. The van der Waals surface area contributed by atoms with Crippen LogP contribution >= 0.6 is 23.2 Å². The maximum Gasteiger partial charge on any atom is 0.324 e. The van der Waals surface area contributed by atoms with Gasteiger partial charge in [-0.25, -0.2) is 8.42 Å². The van der Waals surface area contributed by atoms with Gasteiger partial charge >= 0.3 is 5.97 Å². The van der Waals surface area contributed by atoms with Crippen LogP contribution in [-0.2, 0) is 19.6 Å². The van der Waals surface area contributed by atoms with Gasteiger partial charge in [-0.15, -0.1) is 0 Å². The van der Waals surface area contributed by atoms with E-state index in [1.54, 1.807) is 6.92 Å². The average molecular weight is 460 g/mol. The fraction of sp³-hybridized carbons (Fsp3) is 0.389. The number of aromatic nitrogens is 2. The molecule has 8 nitrogen and oxygen atoms in total. The number of sulfonamides is 1. The summed E-state index contributed by atoms with van der Waals surface area (Å²) in [6.07, 6.45) is 3.06. The van der Waals surface area contributed by atoms with Crippen molar-refractivity contribution in [3.63, 3.8) is 0 Å². The Morgan fingerprint density at radius 2 is 1.93 bits per heavy atom. The first kappa shape index (κ1) is 21.8. The Labute approximate surface area is 178 Å².